The van der Waals surface area contributed by atoms with Crippen molar-refractivity contribution in [2.45, 2.75) is 116 Å². The fourth-order valence-corrected chi connectivity index (χ4v) is 6.04. The molecule has 1 heterocycles. The summed E-state index contributed by atoms with van der Waals surface area (Å²) in [6.45, 7) is 2.28. The number of nitrogens with zero attached hydrogens (tertiary/aromatic N) is 1. The third-order valence-electron chi connectivity index (χ3n) is 8.12. The number of halogens is 3. The lowest BCUT2D eigenvalue weighted by atomic mass is 9.68. The molecule has 1 aromatic rings. The molecule has 2 saturated carbocycles. The monoisotopic (exact) mass is 437 g/mol. The minimum Gasteiger partial charge on any atom is -0.252 e. The van der Waals surface area contributed by atoms with Crippen molar-refractivity contribution in [3.63, 3.8) is 0 Å². The van der Waals surface area contributed by atoms with Crippen molar-refractivity contribution in [3.8, 4) is 0 Å². The zero-order chi connectivity index (χ0) is 22.1. The summed E-state index contributed by atoms with van der Waals surface area (Å²) in [6.07, 6.45) is 18.6. The van der Waals surface area contributed by atoms with Crippen molar-refractivity contribution in [3.05, 3.63) is 29.6 Å². The van der Waals surface area contributed by atoms with Gasteiger partial charge in [0.25, 0.3) is 0 Å². The molecule has 0 aliphatic heterocycles. The minimum atomic E-state index is -4.34. The van der Waals surface area contributed by atoms with Crippen LogP contribution in [0.5, 0.6) is 0 Å². The molecule has 0 amide bonds. The van der Waals surface area contributed by atoms with Crippen molar-refractivity contribution >= 4 is 0 Å². The number of hydrogen-bond acceptors (Lipinski definition) is 1. The van der Waals surface area contributed by atoms with Gasteiger partial charge in [0, 0.05) is 6.20 Å². The van der Waals surface area contributed by atoms with E-state index >= 15 is 0 Å². The summed E-state index contributed by atoms with van der Waals surface area (Å²) in [4.78, 5) is 3.60. The van der Waals surface area contributed by atoms with E-state index in [1.54, 1.807) is 6.07 Å². The Labute approximate surface area is 187 Å². The Morgan fingerprint density at radius 1 is 0.774 bits per heavy atom. The molecule has 0 bridgehead atoms. The van der Waals surface area contributed by atoms with Gasteiger partial charge in [0.05, 0.1) is 0 Å². The van der Waals surface area contributed by atoms with Crippen LogP contribution in [0.1, 0.15) is 114 Å². The first-order chi connectivity index (χ1) is 15.0. The summed E-state index contributed by atoms with van der Waals surface area (Å²) < 4.78 is 37.9. The summed E-state index contributed by atoms with van der Waals surface area (Å²) in [6, 6.07) is 2.72. The predicted octanol–water partition coefficient (Wildman–Crippen LogP) is 9.01. The third-order valence-corrected chi connectivity index (χ3v) is 8.12. The maximum Gasteiger partial charge on any atom is 0.433 e. The van der Waals surface area contributed by atoms with Crippen LogP contribution in [0.3, 0.4) is 0 Å². The molecule has 31 heavy (non-hydrogen) atoms. The first-order valence-corrected chi connectivity index (χ1v) is 13.0. The molecule has 2 aliphatic rings. The molecule has 0 unspecified atom stereocenters. The number of hydrogen-bond donors (Lipinski definition) is 0. The van der Waals surface area contributed by atoms with E-state index in [1.807, 2.05) is 0 Å². The van der Waals surface area contributed by atoms with Gasteiger partial charge in [-0.3, -0.25) is 4.98 Å². The highest BCUT2D eigenvalue weighted by Crippen LogP contribution is 2.43. The summed E-state index contributed by atoms with van der Waals surface area (Å²) in [5.74, 6) is 3.61. The normalized spacial score (nSPS) is 27.4. The van der Waals surface area contributed by atoms with E-state index in [0.29, 0.717) is 0 Å². The zero-order valence-electron chi connectivity index (χ0n) is 19.4. The third kappa shape index (κ3) is 8.09. The highest BCUT2D eigenvalue weighted by Gasteiger charge is 2.32. The van der Waals surface area contributed by atoms with Crippen LogP contribution in [-0.2, 0) is 12.6 Å². The SMILES string of the molecule is CCCCCCC[C@H]1CC[C@H](C2CCC(CCc3ccc(C(F)(F)F)nc3)CC2)CC1. The molecule has 2 fully saturated rings. The first-order valence-electron chi connectivity index (χ1n) is 13.0. The molecular formula is C27H42F3N. The smallest absolute Gasteiger partial charge is 0.252 e. The fraction of sp³-hybridized carbons (Fsp3) is 0.815. The van der Waals surface area contributed by atoms with Crippen LogP contribution in [0.25, 0.3) is 0 Å². The van der Waals surface area contributed by atoms with Crippen LogP contribution in [0, 0.1) is 23.7 Å². The molecule has 0 radical (unpaired) electrons. The fourth-order valence-electron chi connectivity index (χ4n) is 6.04. The Hall–Kier alpha value is -1.06. The van der Waals surface area contributed by atoms with Crippen LogP contribution < -0.4 is 0 Å². The van der Waals surface area contributed by atoms with Gasteiger partial charge in [-0.2, -0.15) is 13.2 Å². The molecule has 0 atom stereocenters. The van der Waals surface area contributed by atoms with Gasteiger partial charge in [-0.05, 0) is 73.8 Å². The van der Waals surface area contributed by atoms with E-state index in [4.69, 9.17) is 0 Å². The van der Waals surface area contributed by atoms with Crippen molar-refractivity contribution in [1.29, 1.82) is 0 Å². The van der Waals surface area contributed by atoms with E-state index in [9.17, 15) is 13.2 Å². The highest BCUT2D eigenvalue weighted by molar-refractivity contribution is 5.16. The standard InChI is InChI=1S/C27H42F3N/c1-2-3-4-5-6-7-21-10-15-24(16-11-21)25-17-12-22(13-18-25)8-9-23-14-19-26(31-20-23)27(28,29)30/h14,19-22,24-25H,2-13,15-18H2,1H3/t21-,22?,24-,25?. The zero-order valence-corrected chi connectivity index (χ0v) is 19.4. The maximum atomic E-state index is 12.6. The van der Waals surface area contributed by atoms with Crippen molar-refractivity contribution in [2.75, 3.05) is 0 Å². The van der Waals surface area contributed by atoms with E-state index < -0.39 is 11.9 Å². The minimum absolute atomic E-state index is 0.734. The van der Waals surface area contributed by atoms with Crippen molar-refractivity contribution < 1.29 is 13.2 Å². The number of unbranched alkanes of at least 4 members (excludes halogenated alkanes) is 4. The number of pyridine rings is 1. The van der Waals surface area contributed by atoms with Gasteiger partial charge in [0.2, 0.25) is 0 Å². The molecule has 0 aromatic carbocycles. The molecule has 2 aliphatic carbocycles. The van der Waals surface area contributed by atoms with Gasteiger partial charge in [0.15, 0.2) is 0 Å². The van der Waals surface area contributed by atoms with Crippen LogP contribution in [0.15, 0.2) is 18.3 Å². The van der Waals surface area contributed by atoms with E-state index in [-0.39, 0.29) is 0 Å². The van der Waals surface area contributed by atoms with Gasteiger partial charge in [-0.1, -0.05) is 77.2 Å². The first kappa shape index (κ1) is 24.6. The van der Waals surface area contributed by atoms with E-state index in [2.05, 4.69) is 11.9 Å². The highest BCUT2D eigenvalue weighted by atomic mass is 19.4. The second-order valence-corrected chi connectivity index (χ2v) is 10.4. The molecule has 0 spiro atoms. The van der Waals surface area contributed by atoms with Crippen LogP contribution in [0.2, 0.25) is 0 Å². The topological polar surface area (TPSA) is 12.9 Å². The van der Waals surface area contributed by atoms with Crippen LogP contribution >= 0.6 is 0 Å². The second kappa shape index (κ2) is 12.3. The largest absolute Gasteiger partial charge is 0.433 e. The second-order valence-electron chi connectivity index (χ2n) is 10.4. The lowest BCUT2D eigenvalue weighted by Gasteiger charge is -2.38. The van der Waals surface area contributed by atoms with Gasteiger partial charge in [-0.25, -0.2) is 0 Å². The Kier molecular flexibility index (Phi) is 9.72. The molecule has 4 heteroatoms. The van der Waals surface area contributed by atoms with Crippen molar-refractivity contribution in [2.24, 2.45) is 23.7 Å². The average molecular weight is 438 g/mol. The Morgan fingerprint density at radius 3 is 1.87 bits per heavy atom. The Balaban J connectivity index is 1.29. The lowest BCUT2D eigenvalue weighted by molar-refractivity contribution is -0.141. The van der Waals surface area contributed by atoms with Gasteiger partial charge >= 0.3 is 6.18 Å². The number of aromatic nitrogens is 1. The van der Waals surface area contributed by atoms with Crippen LogP contribution in [-0.4, -0.2) is 4.98 Å². The summed E-state index contributed by atoms with van der Waals surface area (Å²) >= 11 is 0. The predicted molar refractivity (Wildman–Crippen MR) is 122 cm³/mol. The van der Waals surface area contributed by atoms with E-state index in [0.717, 1.165) is 48.1 Å². The summed E-state index contributed by atoms with van der Waals surface area (Å²) in [7, 11) is 0. The number of aryl methyl sites for hydroxylation is 1. The molecule has 176 valence electrons. The summed E-state index contributed by atoms with van der Waals surface area (Å²) in [5, 5.41) is 0. The molecule has 1 nitrogen and oxygen atoms in total. The molecule has 1 aromatic heterocycles. The number of alkyl halides is 3. The van der Waals surface area contributed by atoms with E-state index in [1.165, 1.54) is 96.1 Å². The van der Waals surface area contributed by atoms with Gasteiger partial charge < -0.3 is 0 Å². The molecule has 0 N–H and O–H groups in total. The Morgan fingerprint density at radius 2 is 1.35 bits per heavy atom. The molecule has 3 rings (SSSR count). The molecular weight excluding hydrogens is 395 g/mol. The Bertz CT molecular complexity index is 608. The summed E-state index contributed by atoms with van der Waals surface area (Å²) in [5.41, 5.74) is 0.145. The van der Waals surface area contributed by atoms with Crippen LogP contribution in [0.4, 0.5) is 13.2 Å². The van der Waals surface area contributed by atoms with Crippen molar-refractivity contribution in [1.82, 2.24) is 4.98 Å². The number of rotatable bonds is 10. The quantitative estimate of drug-likeness (QED) is 0.333. The van der Waals surface area contributed by atoms with Gasteiger partial charge in [0.1, 0.15) is 5.69 Å². The average Bonchev–Trinajstić information content (AvgIpc) is 2.78. The molecule has 0 saturated heterocycles. The maximum absolute atomic E-state index is 12.6. The van der Waals surface area contributed by atoms with Gasteiger partial charge in [-0.15, -0.1) is 0 Å². The lowest BCUT2D eigenvalue weighted by Crippen LogP contribution is -2.26.